The number of terminal acetylenes is 1. The van der Waals surface area contributed by atoms with Gasteiger partial charge in [-0.05, 0) is 95.2 Å². The smallest absolute Gasteiger partial charge is 0.320 e. The first-order chi connectivity index (χ1) is 29.3. The molecule has 1 N–H and O–H groups in total. The predicted octanol–water partition coefficient (Wildman–Crippen LogP) is 8.22. The van der Waals surface area contributed by atoms with Gasteiger partial charge in [-0.15, -0.1) is 6.42 Å². The van der Waals surface area contributed by atoms with Crippen LogP contribution in [0.15, 0.2) is 29.1 Å². The van der Waals surface area contributed by atoms with Gasteiger partial charge >= 0.3 is 11.9 Å². The normalized spacial score (nSPS) is 16.7. The SMILES string of the molecule is C#CCn1c(=O)cc(C)c2ccc(NC(=O)CN(CCN(CC(=O)OC(C)(C)C)CC(=O)OC(C)(C)C)[C@@H]3CCCC[C@H]3N(CCN(CC(C)(C)C)CC(C)(C)C)CC(C)(C)C)cc21. The van der Waals surface area contributed by atoms with Gasteiger partial charge in [-0.2, -0.15) is 0 Å². The summed E-state index contributed by atoms with van der Waals surface area (Å²) in [5.74, 6) is 1.53. The molecule has 1 fully saturated rings. The summed E-state index contributed by atoms with van der Waals surface area (Å²) in [5.41, 5.74) is 0.788. The number of hydrogen-bond acceptors (Lipinski definition) is 10. The third-order valence-corrected chi connectivity index (χ3v) is 10.9. The number of aromatic nitrogens is 1. The Morgan fingerprint density at radius 3 is 1.66 bits per heavy atom. The van der Waals surface area contributed by atoms with Gasteiger partial charge < -0.3 is 19.7 Å². The molecule has 360 valence electrons. The van der Waals surface area contributed by atoms with E-state index in [2.05, 4.69) is 88.3 Å². The number of anilines is 1. The fourth-order valence-electron chi connectivity index (χ4n) is 8.96. The van der Waals surface area contributed by atoms with Crippen LogP contribution in [0.5, 0.6) is 0 Å². The number of fused-ring (bicyclic) bond motifs is 1. The van der Waals surface area contributed by atoms with Crippen molar-refractivity contribution in [2.75, 3.05) is 70.8 Å². The zero-order valence-corrected chi connectivity index (χ0v) is 42.8. The highest BCUT2D eigenvalue weighted by molar-refractivity contribution is 5.95. The van der Waals surface area contributed by atoms with Crippen molar-refractivity contribution in [1.82, 2.24) is 24.2 Å². The summed E-state index contributed by atoms with van der Waals surface area (Å²) >= 11 is 0. The van der Waals surface area contributed by atoms with Gasteiger partial charge in [0.15, 0.2) is 0 Å². The van der Waals surface area contributed by atoms with Gasteiger partial charge in [0.25, 0.3) is 5.56 Å². The summed E-state index contributed by atoms with van der Waals surface area (Å²) in [6.45, 7) is 39.0. The van der Waals surface area contributed by atoms with E-state index in [1.54, 1.807) is 15.5 Å². The van der Waals surface area contributed by atoms with E-state index in [1.807, 2.05) is 66.7 Å². The van der Waals surface area contributed by atoms with Gasteiger partial charge in [-0.1, -0.05) is 87.1 Å². The van der Waals surface area contributed by atoms with Crippen LogP contribution in [-0.2, 0) is 30.4 Å². The van der Waals surface area contributed by atoms with E-state index >= 15 is 0 Å². The van der Waals surface area contributed by atoms with Crippen LogP contribution in [0.4, 0.5) is 5.69 Å². The number of nitrogens with one attached hydrogen (secondary N) is 1. The van der Waals surface area contributed by atoms with Gasteiger partial charge in [-0.3, -0.25) is 38.4 Å². The Bertz CT molecular complexity index is 1920. The minimum Gasteiger partial charge on any atom is -0.459 e. The Labute approximate surface area is 387 Å². The van der Waals surface area contributed by atoms with Crippen LogP contribution in [0, 0.1) is 35.5 Å². The van der Waals surface area contributed by atoms with E-state index in [4.69, 9.17) is 15.9 Å². The molecule has 0 spiro atoms. The Kier molecular flexibility index (Phi) is 19.3. The summed E-state index contributed by atoms with van der Waals surface area (Å²) in [4.78, 5) is 63.4. The molecular formula is C52H86N6O6. The lowest BCUT2D eigenvalue weighted by Gasteiger charge is -2.47. The van der Waals surface area contributed by atoms with Crippen molar-refractivity contribution in [2.24, 2.45) is 16.2 Å². The number of carbonyl (C=O) groups excluding carboxylic acids is 3. The number of nitrogens with zero attached hydrogens (tertiary/aromatic N) is 5. The van der Waals surface area contributed by atoms with Crippen LogP contribution in [0.2, 0.25) is 0 Å². The molecule has 1 saturated carbocycles. The molecule has 12 nitrogen and oxygen atoms in total. The lowest BCUT2D eigenvalue weighted by Crippen LogP contribution is -2.58. The van der Waals surface area contributed by atoms with Crippen LogP contribution >= 0.6 is 0 Å². The Morgan fingerprint density at radius 1 is 0.688 bits per heavy atom. The van der Waals surface area contributed by atoms with E-state index < -0.39 is 23.1 Å². The van der Waals surface area contributed by atoms with Crippen LogP contribution < -0.4 is 10.9 Å². The lowest BCUT2D eigenvalue weighted by molar-refractivity contribution is -0.160. The molecule has 1 aromatic heterocycles. The number of rotatable bonds is 19. The first-order valence-electron chi connectivity index (χ1n) is 23.6. The number of aryl methyl sites for hydroxylation is 1. The summed E-state index contributed by atoms with van der Waals surface area (Å²) in [5, 5.41) is 4.04. The molecule has 2 atom stereocenters. The molecule has 1 aliphatic rings. The predicted molar refractivity (Wildman–Crippen MR) is 263 cm³/mol. The highest BCUT2D eigenvalue weighted by Gasteiger charge is 2.37. The largest absolute Gasteiger partial charge is 0.459 e. The fourth-order valence-corrected chi connectivity index (χ4v) is 8.96. The average molecular weight is 891 g/mol. The van der Waals surface area contributed by atoms with Crippen molar-refractivity contribution in [3.63, 3.8) is 0 Å². The van der Waals surface area contributed by atoms with Crippen molar-refractivity contribution in [1.29, 1.82) is 0 Å². The fraction of sp³-hybridized carbons (Fsp3) is 0.731. The van der Waals surface area contributed by atoms with Gasteiger partial charge in [0.2, 0.25) is 5.91 Å². The third kappa shape index (κ3) is 19.8. The first kappa shape index (κ1) is 54.6. The van der Waals surface area contributed by atoms with Gasteiger partial charge in [0, 0.05) is 75.0 Å². The minimum absolute atomic E-state index is 0.0190. The van der Waals surface area contributed by atoms with Crippen molar-refractivity contribution < 1.29 is 23.9 Å². The molecule has 0 aliphatic heterocycles. The summed E-state index contributed by atoms with van der Waals surface area (Å²) in [7, 11) is 0. The van der Waals surface area contributed by atoms with E-state index in [0.29, 0.717) is 24.3 Å². The number of ether oxygens (including phenoxy) is 2. The van der Waals surface area contributed by atoms with Crippen molar-refractivity contribution >= 4 is 34.4 Å². The maximum absolute atomic E-state index is 14.4. The zero-order valence-electron chi connectivity index (χ0n) is 42.8. The summed E-state index contributed by atoms with van der Waals surface area (Å²) in [6, 6.07) is 7.37. The zero-order chi connectivity index (χ0) is 48.4. The molecule has 0 saturated heterocycles. The Hall–Kier alpha value is -3.76. The molecule has 64 heavy (non-hydrogen) atoms. The molecule has 2 aromatic rings. The van der Waals surface area contributed by atoms with Crippen LogP contribution in [-0.4, -0.2) is 131 Å². The summed E-state index contributed by atoms with van der Waals surface area (Å²) in [6.07, 6.45) is 9.68. The first-order valence-corrected chi connectivity index (χ1v) is 23.6. The van der Waals surface area contributed by atoms with E-state index in [0.717, 1.165) is 69.4 Å². The molecule has 1 aliphatic carbocycles. The number of benzene rings is 1. The molecule has 0 bridgehead atoms. The minimum atomic E-state index is -0.698. The average Bonchev–Trinajstić information content (AvgIpc) is 3.10. The van der Waals surface area contributed by atoms with Crippen LogP contribution in [0.1, 0.15) is 135 Å². The number of hydrogen-bond donors (Lipinski definition) is 1. The quantitative estimate of drug-likeness (QED) is 0.109. The molecule has 0 radical (unpaired) electrons. The third-order valence-electron chi connectivity index (χ3n) is 10.9. The highest BCUT2D eigenvalue weighted by atomic mass is 16.6. The van der Waals surface area contributed by atoms with E-state index in [-0.39, 0.29) is 66.0 Å². The number of pyridine rings is 1. The van der Waals surface area contributed by atoms with Crippen LogP contribution in [0.3, 0.4) is 0 Å². The van der Waals surface area contributed by atoms with Gasteiger partial charge in [0.1, 0.15) is 11.2 Å². The van der Waals surface area contributed by atoms with E-state index in [9.17, 15) is 19.2 Å². The second-order valence-corrected chi connectivity index (χ2v) is 23.9. The van der Waals surface area contributed by atoms with Crippen molar-refractivity contribution in [2.45, 2.75) is 166 Å². The maximum Gasteiger partial charge on any atom is 0.320 e. The lowest BCUT2D eigenvalue weighted by atomic mass is 9.85. The summed E-state index contributed by atoms with van der Waals surface area (Å²) < 4.78 is 13.0. The second-order valence-electron chi connectivity index (χ2n) is 23.9. The van der Waals surface area contributed by atoms with E-state index in [1.165, 1.54) is 0 Å². The number of esters is 2. The standard InChI is InChI=1S/C52H86N6O6/c1-18-25-58-43-31-39(23-24-40(43)38(2)30-45(58)60)53-44(59)32-56(28-26-54(33-46(61)63-51(12,13)14)34-47(62)64-52(15,16)17)41-21-19-20-22-42(41)57(37-50(9,10)11)29-27-55(35-48(3,4)5)36-49(6,7)8/h1,23-24,30-31,41-42H,19-22,25-29,32-37H2,2-17H3,(H,53,59)/t41-,42-/m1/s1. The molecule has 1 aromatic carbocycles. The second kappa shape index (κ2) is 22.6. The number of amides is 1. The molecule has 1 amide bonds. The van der Waals surface area contributed by atoms with Crippen LogP contribution in [0.25, 0.3) is 10.9 Å². The molecule has 0 unspecified atom stereocenters. The molecule has 3 rings (SSSR count). The molecule has 1 heterocycles. The van der Waals surface area contributed by atoms with Gasteiger partial charge in [-0.25, -0.2) is 0 Å². The van der Waals surface area contributed by atoms with Crippen molar-refractivity contribution in [3.05, 3.63) is 40.2 Å². The Morgan fingerprint density at radius 2 is 1.17 bits per heavy atom. The Balaban J connectivity index is 2.08. The maximum atomic E-state index is 14.4. The van der Waals surface area contributed by atoms with Crippen molar-refractivity contribution in [3.8, 4) is 12.3 Å². The van der Waals surface area contributed by atoms with Gasteiger partial charge in [0.05, 0.1) is 31.7 Å². The molecule has 12 heteroatoms. The highest BCUT2D eigenvalue weighted by Crippen LogP contribution is 2.31. The molecular weight excluding hydrogens is 805 g/mol. The monoisotopic (exact) mass is 891 g/mol. The number of carbonyl (C=O) groups is 3. The topological polar surface area (TPSA) is 117 Å².